The number of halogens is 1. The van der Waals surface area contributed by atoms with E-state index in [9.17, 15) is 9.18 Å². The maximum atomic E-state index is 13.1. The zero-order valence-electron chi connectivity index (χ0n) is 8.48. The van der Waals surface area contributed by atoms with Crippen molar-refractivity contribution >= 4 is 11.7 Å². The Balaban J connectivity index is 1.86. The average molecular weight is 225 g/mol. The lowest BCUT2D eigenvalue weighted by molar-refractivity contribution is 0.247. The second kappa shape index (κ2) is 4.44. The average Bonchev–Trinajstić information content (AvgIpc) is 3.00. The number of hydrogen-bond donors (Lipinski definition) is 3. The zero-order chi connectivity index (χ0) is 11.5. The first kappa shape index (κ1) is 10.8. The number of aromatic nitrogens is 1. The van der Waals surface area contributed by atoms with Gasteiger partial charge in [-0.15, -0.1) is 0 Å². The Labute approximate surface area is 91.7 Å². The number of pyridine rings is 1. The lowest BCUT2D eigenvalue weighted by Gasteiger charge is -2.07. The molecule has 1 aliphatic rings. The molecule has 0 aliphatic heterocycles. The summed E-state index contributed by atoms with van der Waals surface area (Å²) in [6, 6.07) is 0.909. The highest BCUT2D eigenvalue weighted by molar-refractivity contribution is 5.89. The lowest BCUT2D eigenvalue weighted by atomic mass is 10.4. The maximum Gasteiger partial charge on any atom is 0.319 e. The van der Waals surface area contributed by atoms with E-state index in [1.807, 2.05) is 0 Å². The van der Waals surface area contributed by atoms with E-state index < -0.39 is 11.8 Å². The van der Waals surface area contributed by atoms with Crippen LogP contribution in [0.25, 0.3) is 0 Å². The Hall–Kier alpha value is -1.69. The van der Waals surface area contributed by atoms with Gasteiger partial charge in [-0.25, -0.2) is 9.18 Å². The first-order valence-electron chi connectivity index (χ1n) is 4.98. The van der Waals surface area contributed by atoms with Crippen LogP contribution in [-0.4, -0.2) is 28.8 Å². The molecule has 1 aromatic rings. The van der Waals surface area contributed by atoms with Crippen molar-refractivity contribution in [3.05, 3.63) is 24.3 Å². The first-order chi connectivity index (χ1) is 7.70. The largest absolute Gasteiger partial charge is 0.396 e. The smallest absolute Gasteiger partial charge is 0.319 e. The number of carbonyl (C=O) groups excluding carboxylic acids is 1. The second-order valence-corrected chi connectivity index (χ2v) is 3.74. The SMILES string of the molecule is O=C(Nc1ccncc1F)N[C@@H]1C[C@H]1CO. The Morgan fingerprint density at radius 3 is 3.12 bits per heavy atom. The van der Waals surface area contributed by atoms with Crippen molar-refractivity contribution < 1.29 is 14.3 Å². The minimum Gasteiger partial charge on any atom is -0.396 e. The van der Waals surface area contributed by atoms with Crippen molar-refractivity contribution in [3.8, 4) is 0 Å². The van der Waals surface area contributed by atoms with Gasteiger partial charge in [-0.1, -0.05) is 0 Å². The van der Waals surface area contributed by atoms with E-state index in [1.54, 1.807) is 0 Å². The molecule has 0 radical (unpaired) electrons. The zero-order valence-corrected chi connectivity index (χ0v) is 8.48. The fourth-order valence-electron chi connectivity index (χ4n) is 1.43. The highest BCUT2D eigenvalue weighted by atomic mass is 19.1. The minimum atomic E-state index is -0.577. The molecule has 16 heavy (non-hydrogen) atoms. The molecule has 5 nitrogen and oxygen atoms in total. The Morgan fingerprint density at radius 2 is 2.50 bits per heavy atom. The van der Waals surface area contributed by atoms with E-state index in [4.69, 9.17) is 5.11 Å². The number of hydrogen-bond acceptors (Lipinski definition) is 3. The monoisotopic (exact) mass is 225 g/mol. The summed E-state index contributed by atoms with van der Waals surface area (Å²) in [5.74, 6) is -0.444. The van der Waals surface area contributed by atoms with E-state index in [1.165, 1.54) is 12.3 Å². The highest BCUT2D eigenvalue weighted by Gasteiger charge is 2.37. The van der Waals surface area contributed by atoms with Crippen LogP contribution in [0.4, 0.5) is 14.9 Å². The van der Waals surface area contributed by atoms with Gasteiger partial charge >= 0.3 is 6.03 Å². The van der Waals surface area contributed by atoms with Gasteiger partial charge in [-0.3, -0.25) is 4.98 Å². The standard InChI is InChI=1S/C10H12FN3O2/c11-7-4-12-2-1-8(7)13-10(16)14-9-3-6(9)5-15/h1-2,4,6,9,15H,3,5H2,(H2,12,13,14,16)/t6-,9+/m0/s1. The van der Waals surface area contributed by atoms with Crippen molar-refractivity contribution in [1.29, 1.82) is 0 Å². The summed E-state index contributed by atoms with van der Waals surface area (Å²) in [4.78, 5) is 15.0. The Bertz CT molecular complexity index is 399. The number of amides is 2. The van der Waals surface area contributed by atoms with Crippen molar-refractivity contribution in [2.75, 3.05) is 11.9 Å². The molecule has 1 heterocycles. The molecule has 2 atom stereocenters. The van der Waals surface area contributed by atoms with Gasteiger partial charge in [0.1, 0.15) is 0 Å². The first-order valence-corrected chi connectivity index (χ1v) is 4.98. The van der Waals surface area contributed by atoms with Crippen LogP contribution >= 0.6 is 0 Å². The lowest BCUT2D eigenvalue weighted by Crippen LogP contribution is -2.32. The fourth-order valence-corrected chi connectivity index (χ4v) is 1.43. The topological polar surface area (TPSA) is 74.2 Å². The molecule has 6 heteroatoms. The molecule has 2 amide bonds. The van der Waals surface area contributed by atoms with Crippen LogP contribution in [0.1, 0.15) is 6.42 Å². The molecule has 1 fully saturated rings. The number of nitrogens with zero attached hydrogens (tertiary/aromatic N) is 1. The molecule has 0 bridgehead atoms. The van der Waals surface area contributed by atoms with Gasteiger partial charge in [0.15, 0.2) is 5.82 Å². The predicted molar refractivity (Wildman–Crippen MR) is 55.3 cm³/mol. The minimum absolute atomic E-state index is 0.00472. The highest BCUT2D eigenvalue weighted by Crippen LogP contribution is 2.29. The third-order valence-electron chi connectivity index (χ3n) is 2.49. The molecular weight excluding hydrogens is 213 g/mol. The summed E-state index contributed by atoms with van der Waals surface area (Å²) in [5.41, 5.74) is 0.0914. The maximum absolute atomic E-state index is 13.1. The molecule has 2 rings (SSSR count). The quantitative estimate of drug-likeness (QED) is 0.709. The summed E-state index contributed by atoms with van der Waals surface area (Å²) >= 11 is 0. The van der Waals surface area contributed by atoms with Gasteiger partial charge in [-0.2, -0.15) is 0 Å². The normalized spacial score (nSPS) is 22.6. The van der Waals surface area contributed by atoms with Gasteiger partial charge in [-0.05, 0) is 12.5 Å². The van der Waals surface area contributed by atoms with Crippen molar-refractivity contribution in [1.82, 2.24) is 10.3 Å². The molecule has 0 unspecified atom stereocenters. The fraction of sp³-hybridized carbons (Fsp3) is 0.400. The summed E-state index contributed by atoms with van der Waals surface area (Å²) in [5, 5.41) is 13.8. The van der Waals surface area contributed by atoms with E-state index in [0.717, 1.165) is 12.6 Å². The van der Waals surface area contributed by atoms with Crippen molar-refractivity contribution in [3.63, 3.8) is 0 Å². The van der Waals surface area contributed by atoms with Crippen LogP contribution in [0.5, 0.6) is 0 Å². The van der Waals surface area contributed by atoms with Gasteiger partial charge in [0.2, 0.25) is 0 Å². The molecule has 0 saturated heterocycles. The number of aliphatic hydroxyl groups excluding tert-OH is 1. The third kappa shape index (κ3) is 2.46. The van der Waals surface area contributed by atoms with E-state index in [-0.39, 0.29) is 24.3 Å². The van der Waals surface area contributed by atoms with Gasteiger partial charge in [0, 0.05) is 24.8 Å². The van der Waals surface area contributed by atoms with Gasteiger partial charge in [0.05, 0.1) is 11.9 Å². The Morgan fingerprint density at radius 1 is 1.69 bits per heavy atom. The molecule has 0 aromatic carbocycles. The summed E-state index contributed by atoms with van der Waals surface area (Å²) < 4.78 is 13.1. The van der Waals surface area contributed by atoms with Crippen LogP contribution < -0.4 is 10.6 Å². The summed E-state index contributed by atoms with van der Waals surface area (Å²) in [6.07, 6.45) is 3.19. The van der Waals surface area contributed by atoms with Gasteiger partial charge < -0.3 is 15.7 Å². The molecule has 0 spiro atoms. The van der Waals surface area contributed by atoms with Crippen LogP contribution in [0, 0.1) is 11.7 Å². The van der Waals surface area contributed by atoms with E-state index in [0.29, 0.717) is 0 Å². The van der Waals surface area contributed by atoms with Crippen LogP contribution in [0.15, 0.2) is 18.5 Å². The summed E-state index contributed by atoms with van der Waals surface area (Å²) in [6.45, 7) is 0.0641. The Kier molecular flexibility index (Phi) is 3.00. The number of rotatable bonds is 3. The second-order valence-electron chi connectivity index (χ2n) is 3.74. The number of urea groups is 1. The molecule has 1 aromatic heterocycles. The molecule has 1 saturated carbocycles. The van der Waals surface area contributed by atoms with Crippen LogP contribution in [0.3, 0.4) is 0 Å². The number of aliphatic hydroxyl groups is 1. The number of carbonyl (C=O) groups is 1. The van der Waals surface area contributed by atoms with Crippen LogP contribution in [0.2, 0.25) is 0 Å². The predicted octanol–water partition coefficient (Wildman–Crippen LogP) is 0.723. The summed E-state index contributed by atoms with van der Waals surface area (Å²) in [7, 11) is 0. The van der Waals surface area contributed by atoms with E-state index in [2.05, 4.69) is 15.6 Å². The third-order valence-corrected chi connectivity index (χ3v) is 2.49. The molecular formula is C10H12FN3O2. The molecule has 1 aliphatic carbocycles. The van der Waals surface area contributed by atoms with Crippen molar-refractivity contribution in [2.45, 2.75) is 12.5 Å². The molecule has 86 valence electrons. The molecule has 3 N–H and O–H groups in total. The van der Waals surface area contributed by atoms with Gasteiger partial charge in [0.25, 0.3) is 0 Å². The van der Waals surface area contributed by atoms with Crippen molar-refractivity contribution in [2.24, 2.45) is 5.92 Å². The number of nitrogens with one attached hydrogen (secondary N) is 2. The number of anilines is 1. The van der Waals surface area contributed by atoms with Crippen LogP contribution in [-0.2, 0) is 0 Å². The van der Waals surface area contributed by atoms with E-state index >= 15 is 0 Å².